The van der Waals surface area contributed by atoms with Gasteiger partial charge in [-0.15, -0.1) is 0 Å². The van der Waals surface area contributed by atoms with Crippen LogP contribution < -0.4 is 4.74 Å². The van der Waals surface area contributed by atoms with Crippen molar-refractivity contribution < 1.29 is 9.47 Å². The Morgan fingerprint density at radius 2 is 1.80 bits per heavy atom. The second kappa shape index (κ2) is 8.11. The molecule has 0 fully saturated rings. The molecule has 112 valence electrons. The molecule has 2 nitrogen and oxygen atoms in total. The standard InChI is InChI=1S/C18H28O2/c1-6-8-13-18(5,19-14-7-2)20-17-11-9-16(10-12-17)15(3)4/h9-12H,3,6-8,13-14H2,1-2,4-5H3. The van der Waals surface area contributed by atoms with Crippen LogP contribution in [0.25, 0.3) is 5.57 Å². The van der Waals surface area contributed by atoms with Crippen molar-refractivity contribution in [2.75, 3.05) is 6.61 Å². The number of hydrogen-bond donors (Lipinski definition) is 0. The van der Waals surface area contributed by atoms with Crippen molar-refractivity contribution in [3.05, 3.63) is 36.4 Å². The van der Waals surface area contributed by atoms with Crippen molar-refractivity contribution in [1.82, 2.24) is 0 Å². The van der Waals surface area contributed by atoms with Crippen LogP contribution >= 0.6 is 0 Å². The third-order valence-electron chi connectivity index (χ3n) is 3.28. The van der Waals surface area contributed by atoms with Crippen LogP contribution in [0.15, 0.2) is 30.8 Å². The summed E-state index contributed by atoms with van der Waals surface area (Å²) in [6, 6.07) is 8.06. The third kappa shape index (κ3) is 5.38. The van der Waals surface area contributed by atoms with Gasteiger partial charge in [0, 0.05) is 13.3 Å². The molecule has 0 radical (unpaired) electrons. The lowest BCUT2D eigenvalue weighted by Crippen LogP contribution is -2.36. The maximum atomic E-state index is 6.09. The zero-order valence-corrected chi connectivity index (χ0v) is 13.4. The molecule has 0 saturated heterocycles. The molecule has 0 amide bonds. The second-order valence-electron chi connectivity index (χ2n) is 5.49. The molecule has 0 aromatic heterocycles. The van der Waals surface area contributed by atoms with E-state index in [0.29, 0.717) is 0 Å². The predicted molar refractivity (Wildman–Crippen MR) is 86.0 cm³/mol. The molecular weight excluding hydrogens is 248 g/mol. The van der Waals surface area contributed by atoms with E-state index in [2.05, 4.69) is 20.4 Å². The number of rotatable bonds is 9. The minimum atomic E-state index is -0.531. The van der Waals surface area contributed by atoms with Crippen LogP contribution in [0, 0.1) is 0 Å². The van der Waals surface area contributed by atoms with Gasteiger partial charge in [-0.05, 0) is 37.5 Å². The van der Waals surface area contributed by atoms with Crippen LogP contribution in [0.4, 0.5) is 0 Å². The molecule has 0 N–H and O–H groups in total. The van der Waals surface area contributed by atoms with Crippen LogP contribution in [-0.4, -0.2) is 12.4 Å². The lowest BCUT2D eigenvalue weighted by atomic mass is 10.1. The van der Waals surface area contributed by atoms with Crippen molar-refractivity contribution in [3.63, 3.8) is 0 Å². The van der Waals surface area contributed by atoms with E-state index >= 15 is 0 Å². The largest absolute Gasteiger partial charge is 0.463 e. The average molecular weight is 276 g/mol. The van der Waals surface area contributed by atoms with Gasteiger partial charge in [0.2, 0.25) is 5.79 Å². The van der Waals surface area contributed by atoms with Gasteiger partial charge in [-0.2, -0.15) is 0 Å². The molecule has 0 heterocycles. The van der Waals surface area contributed by atoms with E-state index in [-0.39, 0.29) is 0 Å². The minimum absolute atomic E-state index is 0.531. The fraction of sp³-hybridized carbons (Fsp3) is 0.556. The van der Waals surface area contributed by atoms with E-state index in [9.17, 15) is 0 Å². The van der Waals surface area contributed by atoms with Crippen molar-refractivity contribution in [2.24, 2.45) is 0 Å². The number of allylic oxidation sites excluding steroid dienone is 1. The lowest BCUT2D eigenvalue weighted by molar-refractivity contribution is -0.175. The van der Waals surface area contributed by atoms with E-state index in [0.717, 1.165) is 49.2 Å². The highest BCUT2D eigenvalue weighted by Crippen LogP contribution is 2.26. The van der Waals surface area contributed by atoms with E-state index in [4.69, 9.17) is 9.47 Å². The molecule has 0 saturated carbocycles. The van der Waals surface area contributed by atoms with Crippen molar-refractivity contribution >= 4 is 5.57 Å². The highest BCUT2D eigenvalue weighted by Gasteiger charge is 2.26. The Kier molecular flexibility index (Phi) is 6.80. The first-order chi connectivity index (χ1) is 9.50. The first-order valence-corrected chi connectivity index (χ1v) is 7.59. The highest BCUT2D eigenvalue weighted by atomic mass is 16.7. The van der Waals surface area contributed by atoms with Gasteiger partial charge in [-0.3, -0.25) is 0 Å². The van der Waals surface area contributed by atoms with Crippen molar-refractivity contribution in [2.45, 2.75) is 59.2 Å². The summed E-state index contributed by atoms with van der Waals surface area (Å²) in [5.41, 5.74) is 2.20. The van der Waals surface area contributed by atoms with Gasteiger partial charge in [-0.1, -0.05) is 44.6 Å². The molecule has 0 aliphatic heterocycles. The molecule has 0 bridgehead atoms. The van der Waals surface area contributed by atoms with Gasteiger partial charge >= 0.3 is 0 Å². The highest BCUT2D eigenvalue weighted by molar-refractivity contribution is 5.61. The fourth-order valence-electron chi connectivity index (χ4n) is 2.03. The number of hydrogen-bond acceptors (Lipinski definition) is 2. The van der Waals surface area contributed by atoms with E-state index < -0.39 is 5.79 Å². The normalized spacial score (nSPS) is 13.8. The number of unbranched alkanes of at least 4 members (excludes halogenated alkanes) is 1. The summed E-state index contributed by atoms with van der Waals surface area (Å²) in [7, 11) is 0. The lowest BCUT2D eigenvalue weighted by Gasteiger charge is -2.31. The Morgan fingerprint density at radius 3 is 2.30 bits per heavy atom. The van der Waals surface area contributed by atoms with Gasteiger partial charge in [0.1, 0.15) is 5.75 Å². The molecule has 1 aromatic carbocycles. The van der Waals surface area contributed by atoms with Gasteiger partial charge in [0.15, 0.2) is 0 Å². The molecule has 0 spiro atoms. The van der Waals surface area contributed by atoms with Crippen LogP contribution in [0.5, 0.6) is 5.75 Å². The van der Waals surface area contributed by atoms with Crippen LogP contribution in [0.2, 0.25) is 0 Å². The Hall–Kier alpha value is -1.28. The molecule has 0 aliphatic rings. The fourth-order valence-corrected chi connectivity index (χ4v) is 2.03. The molecule has 1 aromatic rings. The zero-order valence-electron chi connectivity index (χ0n) is 13.4. The molecular formula is C18H28O2. The summed E-state index contributed by atoms with van der Waals surface area (Å²) < 4.78 is 12.0. The Bertz CT molecular complexity index is 398. The summed E-state index contributed by atoms with van der Waals surface area (Å²) in [5.74, 6) is 0.321. The molecule has 2 heteroatoms. The van der Waals surface area contributed by atoms with Crippen molar-refractivity contribution in [1.29, 1.82) is 0 Å². The van der Waals surface area contributed by atoms with Gasteiger partial charge in [0.25, 0.3) is 0 Å². The maximum Gasteiger partial charge on any atom is 0.207 e. The van der Waals surface area contributed by atoms with Crippen LogP contribution in [0.3, 0.4) is 0 Å². The molecule has 20 heavy (non-hydrogen) atoms. The topological polar surface area (TPSA) is 18.5 Å². The number of ether oxygens (including phenoxy) is 2. The van der Waals surface area contributed by atoms with Crippen LogP contribution in [-0.2, 0) is 4.74 Å². The zero-order chi connectivity index (χ0) is 15.0. The summed E-state index contributed by atoms with van der Waals surface area (Å²) in [4.78, 5) is 0. The minimum Gasteiger partial charge on any atom is -0.463 e. The molecule has 0 aliphatic carbocycles. The smallest absolute Gasteiger partial charge is 0.207 e. The Labute approximate surface area is 123 Å². The van der Waals surface area contributed by atoms with E-state index in [1.54, 1.807) is 0 Å². The monoisotopic (exact) mass is 276 g/mol. The number of benzene rings is 1. The van der Waals surface area contributed by atoms with Gasteiger partial charge in [-0.25, -0.2) is 0 Å². The van der Waals surface area contributed by atoms with Crippen molar-refractivity contribution in [3.8, 4) is 5.75 Å². The van der Waals surface area contributed by atoms with E-state index in [1.807, 2.05) is 38.1 Å². The summed E-state index contributed by atoms with van der Waals surface area (Å²) >= 11 is 0. The summed E-state index contributed by atoms with van der Waals surface area (Å²) in [5, 5.41) is 0. The average Bonchev–Trinajstić information content (AvgIpc) is 2.44. The second-order valence-corrected chi connectivity index (χ2v) is 5.49. The quantitative estimate of drug-likeness (QED) is 0.560. The SMILES string of the molecule is C=C(C)c1ccc(OC(C)(CCCC)OCCC)cc1. The predicted octanol–water partition coefficient (Wildman–Crippen LogP) is 5.43. The van der Waals surface area contributed by atoms with Gasteiger partial charge < -0.3 is 9.47 Å². The van der Waals surface area contributed by atoms with Gasteiger partial charge in [0.05, 0.1) is 6.61 Å². The van der Waals surface area contributed by atoms with E-state index in [1.165, 1.54) is 0 Å². The van der Waals surface area contributed by atoms with Crippen LogP contribution in [0.1, 0.15) is 58.9 Å². The Balaban J connectivity index is 2.74. The molecule has 1 rings (SSSR count). The first kappa shape index (κ1) is 16.8. The summed E-state index contributed by atoms with van der Waals surface area (Å²) in [6.07, 6.45) is 4.15. The third-order valence-corrected chi connectivity index (χ3v) is 3.28. The first-order valence-electron chi connectivity index (χ1n) is 7.59. The summed E-state index contributed by atoms with van der Waals surface area (Å²) in [6.45, 7) is 13.0. The Morgan fingerprint density at radius 1 is 1.15 bits per heavy atom. The molecule has 1 unspecified atom stereocenters. The molecule has 1 atom stereocenters. The maximum absolute atomic E-state index is 6.09.